The van der Waals surface area contributed by atoms with E-state index in [1.165, 1.54) is 12.1 Å². The molecule has 0 aliphatic carbocycles. The van der Waals surface area contributed by atoms with Gasteiger partial charge in [-0.15, -0.1) is 0 Å². The van der Waals surface area contributed by atoms with Gasteiger partial charge in [-0.1, -0.05) is 37.6 Å². The van der Waals surface area contributed by atoms with Crippen molar-refractivity contribution in [3.05, 3.63) is 64.7 Å². The van der Waals surface area contributed by atoms with Gasteiger partial charge in [-0.25, -0.2) is 8.42 Å². The molecule has 0 bridgehead atoms. The van der Waals surface area contributed by atoms with Crippen LogP contribution in [0, 0.1) is 11.8 Å². The number of hydrogen-bond donors (Lipinski definition) is 1. The topological polar surface area (TPSA) is 66.5 Å². The van der Waals surface area contributed by atoms with Gasteiger partial charge < -0.3 is 5.32 Å². The van der Waals surface area contributed by atoms with Crippen LogP contribution in [0.3, 0.4) is 0 Å². The van der Waals surface area contributed by atoms with Crippen LogP contribution in [0.1, 0.15) is 36.2 Å². The van der Waals surface area contributed by atoms with Crippen molar-refractivity contribution in [1.29, 1.82) is 0 Å². The van der Waals surface area contributed by atoms with Crippen LogP contribution < -0.4 is 5.32 Å². The Morgan fingerprint density at radius 3 is 2.36 bits per heavy atom. The van der Waals surface area contributed by atoms with E-state index in [-0.39, 0.29) is 10.8 Å². The molecule has 28 heavy (non-hydrogen) atoms. The number of hydrogen-bond acceptors (Lipinski definition) is 3. The van der Waals surface area contributed by atoms with Crippen LogP contribution in [0.25, 0.3) is 0 Å². The average Bonchev–Trinajstić information content (AvgIpc) is 2.65. The molecule has 1 aliphatic heterocycles. The Morgan fingerprint density at radius 2 is 1.75 bits per heavy atom. The maximum absolute atomic E-state index is 12.9. The van der Waals surface area contributed by atoms with Gasteiger partial charge in [-0.2, -0.15) is 4.31 Å². The van der Waals surface area contributed by atoms with Crippen molar-refractivity contribution < 1.29 is 13.2 Å². The van der Waals surface area contributed by atoms with Gasteiger partial charge in [0.1, 0.15) is 0 Å². The highest BCUT2D eigenvalue weighted by atomic mass is 35.5. The first kappa shape index (κ1) is 20.8. The summed E-state index contributed by atoms with van der Waals surface area (Å²) in [5.41, 5.74) is 1.31. The predicted molar refractivity (Wildman–Crippen MR) is 111 cm³/mol. The highest BCUT2D eigenvalue weighted by Crippen LogP contribution is 2.26. The zero-order chi connectivity index (χ0) is 20.3. The number of nitrogens with one attached hydrogen (secondary N) is 1. The molecule has 1 N–H and O–H groups in total. The Morgan fingerprint density at radius 1 is 1.11 bits per heavy atom. The number of carbonyl (C=O) groups excluding carboxylic acids is 1. The molecule has 2 aromatic carbocycles. The summed E-state index contributed by atoms with van der Waals surface area (Å²) < 4.78 is 27.4. The number of piperidine rings is 1. The Bertz CT molecular complexity index is 934. The van der Waals surface area contributed by atoms with Gasteiger partial charge in [0, 0.05) is 30.2 Å². The summed E-state index contributed by atoms with van der Waals surface area (Å²) in [5, 5.41) is 3.43. The third kappa shape index (κ3) is 4.93. The smallest absolute Gasteiger partial charge is 0.251 e. The van der Waals surface area contributed by atoms with E-state index in [2.05, 4.69) is 19.2 Å². The van der Waals surface area contributed by atoms with Gasteiger partial charge in [0.05, 0.1) is 4.90 Å². The molecule has 0 radical (unpaired) electrons. The zero-order valence-electron chi connectivity index (χ0n) is 16.1. The second-order valence-corrected chi connectivity index (χ2v) is 9.98. The van der Waals surface area contributed by atoms with E-state index >= 15 is 0 Å². The lowest BCUT2D eigenvalue weighted by atomic mass is 9.94. The summed E-state index contributed by atoms with van der Waals surface area (Å²) in [6.07, 6.45) is 1.04. The maximum Gasteiger partial charge on any atom is 0.251 e. The first-order chi connectivity index (χ1) is 13.3. The van der Waals surface area contributed by atoms with Gasteiger partial charge in [0.25, 0.3) is 5.91 Å². The molecule has 1 aliphatic rings. The lowest BCUT2D eigenvalue weighted by Crippen LogP contribution is -2.42. The molecular formula is C21H25ClN2O3S. The molecule has 0 saturated carbocycles. The van der Waals surface area contributed by atoms with Crippen molar-refractivity contribution in [1.82, 2.24) is 9.62 Å². The van der Waals surface area contributed by atoms with Crippen LogP contribution in [-0.2, 0) is 16.6 Å². The van der Waals surface area contributed by atoms with E-state index < -0.39 is 10.0 Å². The molecule has 150 valence electrons. The molecule has 2 atom stereocenters. The molecule has 1 saturated heterocycles. The molecule has 2 aromatic rings. The van der Waals surface area contributed by atoms with Crippen LogP contribution in [0.15, 0.2) is 53.4 Å². The lowest BCUT2D eigenvalue weighted by molar-refractivity contribution is 0.0951. The number of carbonyl (C=O) groups is 1. The molecule has 7 heteroatoms. The van der Waals surface area contributed by atoms with Crippen molar-refractivity contribution in [3.8, 4) is 0 Å². The predicted octanol–water partition coefficient (Wildman–Crippen LogP) is 3.94. The van der Waals surface area contributed by atoms with Crippen LogP contribution in [0.2, 0.25) is 5.02 Å². The summed E-state index contributed by atoms with van der Waals surface area (Å²) >= 11 is 5.95. The molecular weight excluding hydrogens is 396 g/mol. The molecule has 0 unspecified atom stereocenters. The Balaban J connectivity index is 1.67. The fourth-order valence-electron chi connectivity index (χ4n) is 3.66. The fourth-order valence-corrected chi connectivity index (χ4v) is 5.55. The molecule has 0 spiro atoms. The quantitative estimate of drug-likeness (QED) is 0.796. The van der Waals surface area contributed by atoms with E-state index in [9.17, 15) is 13.2 Å². The van der Waals surface area contributed by atoms with Crippen molar-refractivity contribution >= 4 is 27.5 Å². The second kappa shape index (κ2) is 8.64. The first-order valence-electron chi connectivity index (χ1n) is 9.38. The number of nitrogens with zero attached hydrogens (tertiary/aromatic N) is 1. The summed E-state index contributed by atoms with van der Waals surface area (Å²) in [6.45, 7) is 5.57. The molecule has 1 fully saturated rings. The number of amides is 1. The van der Waals surface area contributed by atoms with Crippen molar-refractivity contribution in [2.75, 3.05) is 13.1 Å². The second-order valence-electron chi connectivity index (χ2n) is 7.61. The molecule has 5 nitrogen and oxygen atoms in total. The Kier molecular flexibility index (Phi) is 6.43. The fraction of sp³-hybridized carbons (Fsp3) is 0.381. The highest BCUT2D eigenvalue weighted by molar-refractivity contribution is 7.89. The van der Waals surface area contributed by atoms with Gasteiger partial charge in [0.2, 0.25) is 10.0 Å². The monoisotopic (exact) mass is 420 g/mol. The van der Waals surface area contributed by atoms with E-state index in [1.54, 1.807) is 28.6 Å². The van der Waals surface area contributed by atoms with Crippen LogP contribution in [0.4, 0.5) is 0 Å². The van der Waals surface area contributed by atoms with Gasteiger partial charge >= 0.3 is 0 Å². The first-order valence-corrected chi connectivity index (χ1v) is 11.2. The molecule has 1 amide bonds. The van der Waals surface area contributed by atoms with E-state index in [0.717, 1.165) is 12.0 Å². The Hall–Kier alpha value is -1.89. The van der Waals surface area contributed by atoms with Crippen molar-refractivity contribution in [2.45, 2.75) is 31.7 Å². The minimum absolute atomic E-state index is 0.222. The van der Waals surface area contributed by atoms with E-state index in [4.69, 9.17) is 11.6 Å². The molecule has 3 rings (SSSR count). The number of rotatable bonds is 5. The van der Waals surface area contributed by atoms with E-state index in [0.29, 0.717) is 42.1 Å². The average molecular weight is 421 g/mol. The summed E-state index contributed by atoms with van der Waals surface area (Å²) in [5.74, 6) is 0.425. The highest BCUT2D eigenvalue weighted by Gasteiger charge is 2.31. The van der Waals surface area contributed by atoms with Gasteiger partial charge in [-0.05, 0) is 60.2 Å². The minimum Gasteiger partial charge on any atom is -0.348 e. The lowest BCUT2D eigenvalue weighted by Gasteiger charge is -2.34. The van der Waals surface area contributed by atoms with Crippen LogP contribution in [0.5, 0.6) is 0 Å². The standard InChI is InChI=1S/C21H25ClN2O3S/c1-15-10-16(2)14-24(13-15)28(26,27)20-8-6-18(7-9-20)21(25)23-12-17-4-3-5-19(22)11-17/h3-9,11,15-16H,10,12-14H2,1-2H3,(H,23,25)/t15-,16-/m0/s1. The molecule has 1 heterocycles. The van der Waals surface area contributed by atoms with Gasteiger partial charge in [0.15, 0.2) is 0 Å². The summed E-state index contributed by atoms with van der Waals surface area (Å²) in [6, 6.07) is 13.4. The largest absolute Gasteiger partial charge is 0.348 e. The number of benzene rings is 2. The Labute approximate surface area is 171 Å². The summed E-state index contributed by atoms with van der Waals surface area (Å²) in [7, 11) is -3.54. The third-order valence-electron chi connectivity index (χ3n) is 4.93. The van der Waals surface area contributed by atoms with E-state index in [1.807, 2.05) is 12.1 Å². The normalized spacial score (nSPS) is 20.7. The van der Waals surface area contributed by atoms with Crippen LogP contribution >= 0.6 is 11.6 Å². The van der Waals surface area contributed by atoms with Crippen molar-refractivity contribution in [2.24, 2.45) is 11.8 Å². The number of halogens is 1. The third-order valence-corrected chi connectivity index (χ3v) is 7.01. The van der Waals surface area contributed by atoms with Crippen LogP contribution in [-0.4, -0.2) is 31.7 Å². The van der Waals surface area contributed by atoms with Crippen molar-refractivity contribution in [3.63, 3.8) is 0 Å². The minimum atomic E-state index is -3.54. The maximum atomic E-state index is 12.9. The van der Waals surface area contributed by atoms with Gasteiger partial charge in [-0.3, -0.25) is 4.79 Å². The SMILES string of the molecule is C[C@H]1C[C@H](C)CN(S(=O)(=O)c2ccc(C(=O)NCc3cccc(Cl)c3)cc2)C1. The molecule has 0 aromatic heterocycles. The number of sulfonamides is 1. The summed E-state index contributed by atoms with van der Waals surface area (Å²) in [4.78, 5) is 12.6. The zero-order valence-corrected chi connectivity index (χ0v) is 17.6.